The summed E-state index contributed by atoms with van der Waals surface area (Å²) in [6.07, 6.45) is 3.84. The van der Waals surface area contributed by atoms with Gasteiger partial charge < -0.3 is 0 Å². The lowest BCUT2D eigenvalue weighted by molar-refractivity contribution is -0.120. The van der Waals surface area contributed by atoms with E-state index in [2.05, 4.69) is 33.8 Å². The summed E-state index contributed by atoms with van der Waals surface area (Å²) < 4.78 is 0. The van der Waals surface area contributed by atoms with Crippen LogP contribution in [0, 0.1) is 23.7 Å². The van der Waals surface area contributed by atoms with Crippen LogP contribution < -0.4 is 0 Å². The van der Waals surface area contributed by atoms with E-state index >= 15 is 0 Å². The lowest BCUT2D eigenvalue weighted by Gasteiger charge is -2.24. The van der Waals surface area contributed by atoms with Crippen LogP contribution in [0.2, 0.25) is 0 Å². The highest BCUT2D eigenvalue weighted by Gasteiger charge is 2.33. The third-order valence-corrected chi connectivity index (χ3v) is 2.71. The quantitative estimate of drug-likeness (QED) is 0.616. The summed E-state index contributed by atoms with van der Waals surface area (Å²) in [4.78, 5) is 11.4. The minimum atomic E-state index is 0.241. The summed E-state index contributed by atoms with van der Waals surface area (Å²) in [5.41, 5.74) is 0. The third-order valence-electron chi connectivity index (χ3n) is 2.71. The highest BCUT2D eigenvalue weighted by molar-refractivity contribution is 5.94. The van der Waals surface area contributed by atoms with Crippen LogP contribution >= 0.6 is 0 Å². The number of carbonyl (C=O) groups is 1. The molecule has 0 unspecified atom stereocenters. The van der Waals surface area contributed by atoms with Crippen LogP contribution in [-0.2, 0) is 4.79 Å². The van der Waals surface area contributed by atoms with Crippen LogP contribution in [0.3, 0.4) is 0 Å². The van der Waals surface area contributed by atoms with Crippen LogP contribution in [0.15, 0.2) is 12.2 Å². The Bertz CT molecular complexity index is 201. The zero-order chi connectivity index (χ0) is 9.30. The molecular formula is C11H18O. The molecular weight excluding hydrogens is 148 g/mol. The minimum absolute atomic E-state index is 0.241. The van der Waals surface area contributed by atoms with Gasteiger partial charge in [0.2, 0.25) is 0 Å². The Kier molecular flexibility index (Phi) is 2.71. The Morgan fingerprint density at radius 3 is 2.08 bits per heavy atom. The molecule has 0 aromatic heterocycles. The molecule has 0 aromatic carbocycles. The molecule has 0 N–H and O–H groups in total. The second-order valence-electron chi connectivity index (χ2n) is 4.35. The van der Waals surface area contributed by atoms with E-state index in [0.29, 0.717) is 23.5 Å². The fourth-order valence-electron chi connectivity index (χ4n) is 2.04. The molecule has 1 rings (SSSR count). The van der Waals surface area contributed by atoms with E-state index in [-0.39, 0.29) is 5.92 Å². The molecule has 68 valence electrons. The molecule has 0 radical (unpaired) electrons. The molecule has 0 aromatic rings. The Hall–Kier alpha value is -0.590. The first-order valence-electron chi connectivity index (χ1n) is 4.76. The van der Waals surface area contributed by atoms with Crippen molar-refractivity contribution in [2.24, 2.45) is 23.7 Å². The van der Waals surface area contributed by atoms with Crippen molar-refractivity contribution in [3.63, 3.8) is 0 Å². The van der Waals surface area contributed by atoms with Gasteiger partial charge in [-0.1, -0.05) is 33.8 Å². The minimum Gasteiger partial charge on any atom is -0.295 e. The van der Waals surface area contributed by atoms with Gasteiger partial charge >= 0.3 is 0 Å². The number of ketones is 1. The van der Waals surface area contributed by atoms with E-state index in [4.69, 9.17) is 0 Å². The molecule has 0 spiro atoms. The van der Waals surface area contributed by atoms with Crippen molar-refractivity contribution in [2.75, 3.05) is 0 Å². The van der Waals surface area contributed by atoms with Gasteiger partial charge in [0, 0.05) is 5.92 Å². The second-order valence-corrected chi connectivity index (χ2v) is 4.35. The average molecular weight is 166 g/mol. The fraction of sp³-hybridized carbons (Fsp3) is 0.727. The van der Waals surface area contributed by atoms with Crippen molar-refractivity contribution >= 4 is 5.78 Å². The van der Waals surface area contributed by atoms with Gasteiger partial charge in [-0.25, -0.2) is 0 Å². The Morgan fingerprint density at radius 1 is 1.17 bits per heavy atom. The van der Waals surface area contributed by atoms with Crippen LogP contribution in [-0.4, -0.2) is 5.78 Å². The van der Waals surface area contributed by atoms with Gasteiger partial charge in [0.1, 0.15) is 0 Å². The highest BCUT2D eigenvalue weighted by atomic mass is 16.1. The topological polar surface area (TPSA) is 17.1 Å². The summed E-state index contributed by atoms with van der Waals surface area (Å²) in [5, 5.41) is 0. The smallest absolute Gasteiger partial charge is 0.159 e. The van der Waals surface area contributed by atoms with Gasteiger partial charge in [-0.05, 0) is 23.8 Å². The van der Waals surface area contributed by atoms with Gasteiger partial charge in [0.25, 0.3) is 0 Å². The molecule has 1 aliphatic carbocycles. The summed E-state index contributed by atoms with van der Waals surface area (Å²) in [5.74, 6) is 2.09. The molecule has 1 heteroatoms. The zero-order valence-corrected chi connectivity index (χ0v) is 8.37. The molecule has 0 fully saturated rings. The molecule has 1 nitrogen and oxygen atoms in total. The summed E-state index contributed by atoms with van der Waals surface area (Å²) in [6, 6.07) is 0. The van der Waals surface area contributed by atoms with E-state index < -0.39 is 0 Å². The normalized spacial score (nSPS) is 29.3. The van der Waals surface area contributed by atoms with Crippen molar-refractivity contribution in [2.45, 2.75) is 27.7 Å². The molecule has 2 atom stereocenters. The van der Waals surface area contributed by atoms with E-state index in [1.54, 1.807) is 6.08 Å². The van der Waals surface area contributed by atoms with Gasteiger partial charge in [-0.2, -0.15) is 0 Å². The zero-order valence-electron chi connectivity index (χ0n) is 8.37. The third kappa shape index (κ3) is 1.60. The largest absolute Gasteiger partial charge is 0.295 e. The number of hydrogen-bond donors (Lipinski definition) is 0. The Balaban J connectivity index is 2.76. The van der Waals surface area contributed by atoms with Gasteiger partial charge in [0.05, 0.1) is 0 Å². The number of rotatable bonds is 2. The second kappa shape index (κ2) is 3.42. The van der Waals surface area contributed by atoms with Crippen molar-refractivity contribution in [3.8, 4) is 0 Å². The molecule has 0 saturated carbocycles. The van der Waals surface area contributed by atoms with E-state index in [1.165, 1.54) is 0 Å². The van der Waals surface area contributed by atoms with Crippen molar-refractivity contribution in [1.29, 1.82) is 0 Å². The SMILES string of the molecule is CC(C)[C@H]1C=CC(=O)[C@@H]1C(C)C. The maximum Gasteiger partial charge on any atom is 0.159 e. The van der Waals surface area contributed by atoms with E-state index in [1.807, 2.05) is 0 Å². The van der Waals surface area contributed by atoms with Gasteiger partial charge in [-0.3, -0.25) is 4.79 Å². The first-order valence-corrected chi connectivity index (χ1v) is 4.76. The number of carbonyl (C=O) groups excluding carboxylic acids is 1. The molecule has 12 heavy (non-hydrogen) atoms. The number of allylic oxidation sites excluding steroid dienone is 2. The highest BCUT2D eigenvalue weighted by Crippen LogP contribution is 2.33. The van der Waals surface area contributed by atoms with Crippen molar-refractivity contribution < 1.29 is 4.79 Å². The molecule has 0 bridgehead atoms. The van der Waals surface area contributed by atoms with Crippen LogP contribution in [0.1, 0.15) is 27.7 Å². The fourth-order valence-corrected chi connectivity index (χ4v) is 2.04. The Morgan fingerprint density at radius 2 is 1.75 bits per heavy atom. The summed E-state index contributed by atoms with van der Waals surface area (Å²) in [7, 11) is 0. The average Bonchev–Trinajstić information content (AvgIpc) is 2.30. The molecule has 1 aliphatic rings. The van der Waals surface area contributed by atoms with Crippen molar-refractivity contribution in [1.82, 2.24) is 0 Å². The molecule has 0 aliphatic heterocycles. The maximum atomic E-state index is 11.4. The van der Waals surface area contributed by atoms with Crippen molar-refractivity contribution in [3.05, 3.63) is 12.2 Å². The summed E-state index contributed by atoms with van der Waals surface area (Å²) in [6.45, 7) is 8.63. The van der Waals surface area contributed by atoms with Gasteiger partial charge in [0.15, 0.2) is 5.78 Å². The predicted octanol–water partition coefficient (Wildman–Crippen LogP) is 2.67. The van der Waals surface area contributed by atoms with Crippen LogP contribution in [0.25, 0.3) is 0 Å². The maximum absolute atomic E-state index is 11.4. The predicted molar refractivity (Wildman–Crippen MR) is 50.8 cm³/mol. The lowest BCUT2D eigenvalue weighted by Crippen LogP contribution is -2.24. The lowest BCUT2D eigenvalue weighted by atomic mass is 9.79. The van der Waals surface area contributed by atoms with Crippen LogP contribution in [0.5, 0.6) is 0 Å². The summed E-state index contributed by atoms with van der Waals surface area (Å²) >= 11 is 0. The van der Waals surface area contributed by atoms with E-state index in [9.17, 15) is 4.79 Å². The number of hydrogen-bond acceptors (Lipinski definition) is 1. The first-order chi connectivity index (χ1) is 5.54. The standard InChI is InChI=1S/C11H18O/c1-7(2)9-5-6-10(12)11(9)8(3)4/h5-9,11H,1-4H3/t9-,11-/m1/s1. The van der Waals surface area contributed by atoms with E-state index in [0.717, 1.165) is 0 Å². The molecule has 0 amide bonds. The monoisotopic (exact) mass is 166 g/mol. The van der Waals surface area contributed by atoms with Gasteiger partial charge in [-0.15, -0.1) is 0 Å². The van der Waals surface area contributed by atoms with Crippen LogP contribution in [0.4, 0.5) is 0 Å². The first kappa shape index (κ1) is 9.50. The molecule has 0 saturated heterocycles. The molecule has 0 heterocycles. The Labute approximate surface area is 74.9 Å².